The van der Waals surface area contributed by atoms with Crippen molar-refractivity contribution in [3.63, 3.8) is 0 Å². The van der Waals surface area contributed by atoms with E-state index in [9.17, 15) is 8.42 Å². The van der Waals surface area contributed by atoms with Gasteiger partial charge in [0.05, 0.1) is 21.6 Å². The molecular weight excluding hydrogens is 480 g/mol. The van der Waals surface area contributed by atoms with Crippen LogP contribution in [0.1, 0.15) is 31.2 Å². The van der Waals surface area contributed by atoms with Gasteiger partial charge in [0, 0.05) is 13.6 Å². The van der Waals surface area contributed by atoms with E-state index in [2.05, 4.69) is 47.9 Å². The maximum Gasteiger partial charge on any atom is 0.225 e. The molecule has 0 amide bonds. The Balaban J connectivity index is 1.25. The Hall–Kier alpha value is -3.45. The zero-order chi connectivity index (χ0) is 25.8. The van der Waals surface area contributed by atoms with E-state index in [1.165, 1.54) is 11.1 Å². The van der Waals surface area contributed by atoms with Gasteiger partial charge in [-0.15, -0.1) is 0 Å². The van der Waals surface area contributed by atoms with Crippen molar-refractivity contribution >= 4 is 32.5 Å². The highest BCUT2D eigenvalue weighted by Crippen LogP contribution is 2.35. The van der Waals surface area contributed by atoms with Gasteiger partial charge in [0.25, 0.3) is 0 Å². The molecule has 5 rings (SSSR count). The fraction of sp³-hybridized carbons (Fsp3) is 0.333. The second-order valence-corrected chi connectivity index (χ2v) is 12.1. The highest BCUT2D eigenvalue weighted by atomic mass is 32.2. The van der Waals surface area contributed by atoms with E-state index in [0.29, 0.717) is 16.8 Å². The normalized spacial score (nSPS) is 18.0. The molecule has 3 aromatic carbocycles. The van der Waals surface area contributed by atoms with E-state index in [-0.39, 0.29) is 11.7 Å². The standard InChI is InChI=1S/C30H34N4O2S/c1-21-9-6-7-12-25(21)26-13-8-14-27-28(26)29(31-2)34-30(33-27)32-19-22-15-17-23(18-16-22)20-37(35,36)24-10-4-3-5-11-24/h3-14,22-23H,15-20H2,1-2H3,(H2,31,32,33,34). The van der Waals surface area contributed by atoms with Gasteiger partial charge in [-0.1, -0.05) is 54.6 Å². The molecule has 37 heavy (non-hydrogen) atoms. The Labute approximate surface area is 219 Å². The van der Waals surface area contributed by atoms with Gasteiger partial charge in [-0.3, -0.25) is 0 Å². The van der Waals surface area contributed by atoms with Gasteiger partial charge in [-0.25, -0.2) is 13.4 Å². The van der Waals surface area contributed by atoms with Gasteiger partial charge in [0.15, 0.2) is 9.84 Å². The van der Waals surface area contributed by atoms with Crippen LogP contribution in [0, 0.1) is 18.8 Å². The average molecular weight is 515 g/mol. The Bertz CT molecular complexity index is 1480. The summed E-state index contributed by atoms with van der Waals surface area (Å²) in [6, 6.07) is 23.4. The van der Waals surface area contributed by atoms with Crippen LogP contribution < -0.4 is 10.6 Å². The number of aryl methyl sites for hydroxylation is 1. The number of benzene rings is 3. The third kappa shape index (κ3) is 5.62. The Morgan fingerprint density at radius 1 is 0.811 bits per heavy atom. The molecular formula is C30H34N4O2S. The molecule has 1 heterocycles. The monoisotopic (exact) mass is 514 g/mol. The first-order chi connectivity index (χ1) is 17.9. The van der Waals surface area contributed by atoms with Gasteiger partial charge in [-0.2, -0.15) is 4.98 Å². The molecule has 0 radical (unpaired) electrons. The highest BCUT2D eigenvalue weighted by Gasteiger charge is 2.26. The number of rotatable bonds is 8. The van der Waals surface area contributed by atoms with Crippen molar-refractivity contribution in [3.05, 3.63) is 78.4 Å². The van der Waals surface area contributed by atoms with Crippen LogP contribution in [0.4, 0.5) is 11.8 Å². The van der Waals surface area contributed by atoms with Crippen molar-refractivity contribution in [1.82, 2.24) is 9.97 Å². The molecule has 1 saturated carbocycles. The molecule has 7 heteroatoms. The largest absolute Gasteiger partial charge is 0.372 e. The lowest BCUT2D eigenvalue weighted by atomic mass is 9.83. The van der Waals surface area contributed by atoms with Crippen LogP contribution >= 0.6 is 0 Å². The second-order valence-electron chi connectivity index (χ2n) is 10.0. The summed E-state index contributed by atoms with van der Waals surface area (Å²) in [6.45, 7) is 2.90. The maximum atomic E-state index is 12.8. The summed E-state index contributed by atoms with van der Waals surface area (Å²) in [4.78, 5) is 10.1. The Kier molecular flexibility index (Phi) is 7.42. The minimum Gasteiger partial charge on any atom is -0.372 e. The average Bonchev–Trinajstić information content (AvgIpc) is 2.92. The first-order valence-electron chi connectivity index (χ1n) is 13.0. The molecule has 1 fully saturated rings. The molecule has 1 aromatic heterocycles. The van der Waals surface area contributed by atoms with Gasteiger partial charge in [0.1, 0.15) is 5.82 Å². The van der Waals surface area contributed by atoms with Crippen molar-refractivity contribution in [2.75, 3.05) is 30.0 Å². The molecule has 0 unspecified atom stereocenters. The number of hydrogen-bond acceptors (Lipinski definition) is 6. The zero-order valence-electron chi connectivity index (χ0n) is 21.4. The van der Waals surface area contributed by atoms with Gasteiger partial charge in [0.2, 0.25) is 5.95 Å². The zero-order valence-corrected chi connectivity index (χ0v) is 22.3. The number of fused-ring (bicyclic) bond motifs is 1. The first kappa shape index (κ1) is 25.2. The summed E-state index contributed by atoms with van der Waals surface area (Å²) in [5, 5.41) is 7.75. The van der Waals surface area contributed by atoms with Gasteiger partial charge in [-0.05, 0) is 79.3 Å². The lowest BCUT2D eigenvalue weighted by molar-refractivity contribution is 0.301. The highest BCUT2D eigenvalue weighted by molar-refractivity contribution is 7.91. The molecule has 0 aliphatic heterocycles. The summed E-state index contributed by atoms with van der Waals surface area (Å²) >= 11 is 0. The van der Waals surface area contributed by atoms with E-state index in [1.54, 1.807) is 24.3 Å². The first-order valence-corrected chi connectivity index (χ1v) is 14.7. The Morgan fingerprint density at radius 2 is 1.49 bits per heavy atom. The number of nitrogens with one attached hydrogen (secondary N) is 2. The van der Waals surface area contributed by atoms with Crippen LogP contribution in [0.25, 0.3) is 22.0 Å². The molecule has 1 aliphatic carbocycles. The fourth-order valence-electron chi connectivity index (χ4n) is 5.41. The SMILES string of the molecule is CNc1nc(NCC2CCC(CS(=O)(=O)c3ccccc3)CC2)nc2cccc(-c3ccccc3C)c12. The van der Waals surface area contributed by atoms with E-state index >= 15 is 0 Å². The molecule has 6 nitrogen and oxygen atoms in total. The fourth-order valence-corrected chi connectivity index (χ4v) is 7.13. The van der Waals surface area contributed by atoms with Crippen LogP contribution in [0.3, 0.4) is 0 Å². The van der Waals surface area contributed by atoms with Crippen LogP contribution in [0.5, 0.6) is 0 Å². The van der Waals surface area contributed by atoms with Crippen LogP contribution in [0.15, 0.2) is 77.7 Å². The molecule has 0 atom stereocenters. The quantitative estimate of drug-likeness (QED) is 0.285. The minimum absolute atomic E-state index is 0.217. The third-order valence-corrected chi connectivity index (χ3v) is 9.37. The number of hydrogen-bond donors (Lipinski definition) is 2. The second kappa shape index (κ2) is 10.9. The predicted octanol–water partition coefficient (Wildman–Crippen LogP) is 6.34. The Morgan fingerprint density at radius 3 is 2.22 bits per heavy atom. The molecule has 2 N–H and O–H groups in total. The van der Waals surface area contributed by atoms with E-state index in [0.717, 1.165) is 54.5 Å². The number of sulfone groups is 1. The summed E-state index contributed by atoms with van der Waals surface area (Å²) in [5.41, 5.74) is 4.42. The summed E-state index contributed by atoms with van der Waals surface area (Å²) in [6.07, 6.45) is 3.87. The number of nitrogens with zero attached hydrogens (tertiary/aromatic N) is 2. The van der Waals surface area contributed by atoms with Crippen LogP contribution in [0.2, 0.25) is 0 Å². The third-order valence-electron chi connectivity index (χ3n) is 7.47. The number of anilines is 2. The molecule has 1 aliphatic rings. The summed E-state index contributed by atoms with van der Waals surface area (Å²) in [7, 11) is -1.34. The van der Waals surface area contributed by atoms with E-state index in [4.69, 9.17) is 9.97 Å². The molecule has 4 aromatic rings. The molecule has 0 bridgehead atoms. The predicted molar refractivity (Wildman–Crippen MR) is 152 cm³/mol. The van der Waals surface area contributed by atoms with E-state index in [1.807, 2.05) is 25.2 Å². The topological polar surface area (TPSA) is 84.0 Å². The van der Waals surface area contributed by atoms with Crippen LogP contribution in [-0.2, 0) is 9.84 Å². The molecule has 0 saturated heterocycles. The van der Waals surface area contributed by atoms with Crippen molar-refractivity contribution in [3.8, 4) is 11.1 Å². The van der Waals surface area contributed by atoms with Gasteiger partial charge >= 0.3 is 0 Å². The van der Waals surface area contributed by atoms with Crippen molar-refractivity contribution in [2.45, 2.75) is 37.5 Å². The molecule has 192 valence electrons. The summed E-state index contributed by atoms with van der Waals surface area (Å²) in [5.74, 6) is 2.36. The van der Waals surface area contributed by atoms with Gasteiger partial charge < -0.3 is 10.6 Å². The maximum absolute atomic E-state index is 12.8. The lowest BCUT2D eigenvalue weighted by Crippen LogP contribution is -2.26. The van der Waals surface area contributed by atoms with Crippen molar-refractivity contribution in [2.24, 2.45) is 11.8 Å². The number of aromatic nitrogens is 2. The lowest BCUT2D eigenvalue weighted by Gasteiger charge is -2.28. The van der Waals surface area contributed by atoms with Crippen LogP contribution in [-0.4, -0.2) is 37.7 Å². The molecule has 0 spiro atoms. The summed E-state index contributed by atoms with van der Waals surface area (Å²) < 4.78 is 25.5. The minimum atomic E-state index is -3.23. The van der Waals surface area contributed by atoms with Crippen molar-refractivity contribution < 1.29 is 8.42 Å². The van der Waals surface area contributed by atoms with Crippen molar-refractivity contribution in [1.29, 1.82) is 0 Å². The van der Waals surface area contributed by atoms with E-state index < -0.39 is 9.84 Å². The smallest absolute Gasteiger partial charge is 0.225 e.